The number of benzene rings is 1. The van der Waals surface area contributed by atoms with Crippen LogP contribution in [0.3, 0.4) is 0 Å². The third kappa shape index (κ3) is 2.91. The Morgan fingerprint density at radius 3 is 2.00 bits per heavy atom. The number of esters is 2. The first-order valence-electron chi connectivity index (χ1n) is 8.49. The minimum absolute atomic E-state index is 0.121. The number of likely N-dealkylation sites (N-methyl/N-ethyl adjacent to an activating group) is 1. The molecule has 5 heteroatoms. The number of allylic oxidation sites excluding steroid dienone is 1. The van der Waals surface area contributed by atoms with Crippen molar-refractivity contribution >= 4 is 11.9 Å². The number of carbonyl (C=O) groups is 2. The molecule has 1 aromatic rings. The second-order valence-electron chi connectivity index (χ2n) is 7.56. The number of carbonyl (C=O) groups excluding carboxylic acids is 2. The molecule has 0 bridgehead atoms. The lowest BCUT2D eigenvalue weighted by Gasteiger charge is -2.43. The van der Waals surface area contributed by atoms with Crippen molar-refractivity contribution in [3.63, 3.8) is 0 Å². The Bertz CT molecular complexity index is 740. The normalized spacial score (nSPS) is 20.2. The number of likely N-dealkylation sites (tertiary alicyclic amines) is 1. The summed E-state index contributed by atoms with van der Waals surface area (Å²) in [5.74, 6) is -1.45. The molecule has 26 heavy (non-hydrogen) atoms. The molecule has 1 atom stereocenters. The van der Waals surface area contributed by atoms with Gasteiger partial charge in [-0.25, -0.2) is 9.59 Å². The Labute approximate surface area is 155 Å². The van der Waals surface area contributed by atoms with E-state index in [0.29, 0.717) is 17.8 Å². The summed E-state index contributed by atoms with van der Waals surface area (Å²) in [6.07, 6.45) is 0. The lowest BCUT2D eigenvalue weighted by molar-refractivity contribution is -0.144. The van der Waals surface area contributed by atoms with Gasteiger partial charge in [0.15, 0.2) is 5.57 Å². The summed E-state index contributed by atoms with van der Waals surface area (Å²) in [4.78, 5) is 26.6. The molecule has 0 amide bonds. The Morgan fingerprint density at radius 2 is 1.58 bits per heavy atom. The fraction of sp³-hybridized carbons (Fsp3) is 0.429. The highest BCUT2D eigenvalue weighted by molar-refractivity contribution is 6.15. The van der Waals surface area contributed by atoms with Gasteiger partial charge >= 0.3 is 11.9 Å². The minimum atomic E-state index is -0.724. The van der Waals surface area contributed by atoms with Crippen molar-refractivity contribution < 1.29 is 19.1 Å². The van der Waals surface area contributed by atoms with E-state index < -0.39 is 17.4 Å². The van der Waals surface area contributed by atoms with Gasteiger partial charge in [0.25, 0.3) is 0 Å². The molecule has 5 nitrogen and oxygen atoms in total. The van der Waals surface area contributed by atoms with Crippen LogP contribution in [0.4, 0.5) is 0 Å². The first-order chi connectivity index (χ1) is 12.1. The molecule has 0 spiro atoms. The minimum Gasteiger partial charge on any atom is -0.465 e. The first kappa shape index (κ1) is 19.8. The van der Waals surface area contributed by atoms with Crippen LogP contribution >= 0.6 is 0 Å². The number of nitrogens with zero attached hydrogens (tertiary/aromatic N) is 1. The fourth-order valence-corrected chi connectivity index (χ4v) is 3.90. The van der Waals surface area contributed by atoms with Gasteiger partial charge in [0.1, 0.15) is 0 Å². The van der Waals surface area contributed by atoms with Gasteiger partial charge in [-0.2, -0.15) is 0 Å². The van der Waals surface area contributed by atoms with Crippen LogP contribution in [0, 0.1) is 5.41 Å². The van der Waals surface area contributed by atoms with E-state index in [1.54, 1.807) is 0 Å². The standard InChI is InChI=1S/C21H27NO4/c1-14-17(16(18(23)25-6)19(24)26-7)22(5)13-21(14,20(2,3)4)15-11-9-8-10-12-15/h8-12H,1,13H2,2-7H3/t21-/m0/s1. The molecular weight excluding hydrogens is 330 g/mol. The molecular formula is C21H27NO4. The Hall–Kier alpha value is -2.56. The lowest BCUT2D eigenvalue weighted by Crippen LogP contribution is -2.43. The lowest BCUT2D eigenvalue weighted by atomic mass is 9.60. The predicted molar refractivity (Wildman–Crippen MR) is 100 cm³/mol. The highest BCUT2D eigenvalue weighted by Crippen LogP contribution is 2.54. The number of hydrogen-bond donors (Lipinski definition) is 0. The van der Waals surface area contributed by atoms with Crippen LogP contribution in [0.1, 0.15) is 26.3 Å². The molecule has 0 saturated carbocycles. The predicted octanol–water partition coefficient (Wildman–Crippen LogP) is 3.07. The molecule has 0 aliphatic carbocycles. The van der Waals surface area contributed by atoms with Crippen molar-refractivity contribution in [1.29, 1.82) is 0 Å². The van der Waals surface area contributed by atoms with E-state index >= 15 is 0 Å². The largest absolute Gasteiger partial charge is 0.465 e. The van der Waals surface area contributed by atoms with Crippen molar-refractivity contribution in [2.24, 2.45) is 5.41 Å². The maximum Gasteiger partial charge on any atom is 0.347 e. The van der Waals surface area contributed by atoms with Crippen LogP contribution in [-0.4, -0.2) is 44.7 Å². The maximum absolute atomic E-state index is 12.3. The summed E-state index contributed by atoms with van der Waals surface area (Å²) in [5.41, 5.74) is 1.48. The Kier molecular flexibility index (Phi) is 5.31. The highest BCUT2D eigenvalue weighted by atomic mass is 16.5. The third-order valence-electron chi connectivity index (χ3n) is 5.22. The van der Waals surface area contributed by atoms with E-state index in [1.807, 2.05) is 30.1 Å². The van der Waals surface area contributed by atoms with E-state index in [-0.39, 0.29) is 11.0 Å². The first-order valence-corrected chi connectivity index (χ1v) is 8.49. The van der Waals surface area contributed by atoms with E-state index in [0.717, 1.165) is 5.56 Å². The zero-order chi connectivity index (χ0) is 19.7. The Balaban J connectivity index is 2.79. The van der Waals surface area contributed by atoms with Crippen molar-refractivity contribution in [3.05, 3.63) is 59.3 Å². The van der Waals surface area contributed by atoms with Crippen LogP contribution < -0.4 is 0 Å². The number of ether oxygens (including phenoxy) is 2. The molecule has 1 aliphatic heterocycles. The zero-order valence-electron chi connectivity index (χ0n) is 16.4. The molecule has 2 rings (SSSR count). The summed E-state index contributed by atoms with van der Waals surface area (Å²) in [5, 5.41) is 0. The molecule has 1 heterocycles. The van der Waals surface area contributed by atoms with Gasteiger partial charge in [-0.3, -0.25) is 0 Å². The quantitative estimate of drug-likeness (QED) is 0.360. The van der Waals surface area contributed by atoms with Crippen LogP contribution in [0.2, 0.25) is 0 Å². The SMILES string of the molecule is C=C1C(=C(C(=O)OC)C(=O)OC)N(C)C[C@]1(c1ccccc1)C(C)(C)C. The molecule has 0 aromatic heterocycles. The van der Waals surface area contributed by atoms with Gasteiger partial charge in [-0.15, -0.1) is 0 Å². The average Bonchev–Trinajstić information content (AvgIpc) is 2.87. The van der Waals surface area contributed by atoms with Crippen molar-refractivity contribution in [2.75, 3.05) is 27.8 Å². The number of hydrogen-bond acceptors (Lipinski definition) is 5. The summed E-state index contributed by atoms with van der Waals surface area (Å²) in [6, 6.07) is 10.1. The molecule has 1 saturated heterocycles. The summed E-state index contributed by atoms with van der Waals surface area (Å²) in [7, 11) is 4.35. The van der Waals surface area contributed by atoms with Crippen LogP contribution in [0.25, 0.3) is 0 Å². The zero-order valence-corrected chi connectivity index (χ0v) is 16.4. The summed E-state index contributed by atoms with van der Waals surface area (Å²) >= 11 is 0. The van der Waals surface area contributed by atoms with Gasteiger partial charge in [0, 0.05) is 19.0 Å². The van der Waals surface area contributed by atoms with Crippen molar-refractivity contribution in [2.45, 2.75) is 26.2 Å². The van der Waals surface area contributed by atoms with Gasteiger partial charge in [-0.1, -0.05) is 57.7 Å². The summed E-state index contributed by atoms with van der Waals surface area (Å²) < 4.78 is 9.68. The monoisotopic (exact) mass is 357 g/mol. The summed E-state index contributed by atoms with van der Waals surface area (Å²) in [6.45, 7) is 11.3. The molecule has 0 unspecified atom stereocenters. The second-order valence-corrected chi connectivity index (χ2v) is 7.56. The van der Waals surface area contributed by atoms with E-state index in [4.69, 9.17) is 9.47 Å². The topological polar surface area (TPSA) is 55.8 Å². The van der Waals surface area contributed by atoms with Gasteiger partial charge in [0.2, 0.25) is 0 Å². The van der Waals surface area contributed by atoms with Gasteiger partial charge in [0.05, 0.1) is 19.9 Å². The van der Waals surface area contributed by atoms with E-state index in [2.05, 4.69) is 39.5 Å². The molecule has 1 aromatic carbocycles. The van der Waals surface area contributed by atoms with Crippen LogP contribution in [0.15, 0.2) is 53.8 Å². The Morgan fingerprint density at radius 1 is 1.08 bits per heavy atom. The van der Waals surface area contributed by atoms with Crippen LogP contribution in [0.5, 0.6) is 0 Å². The van der Waals surface area contributed by atoms with Crippen LogP contribution in [-0.2, 0) is 24.5 Å². The number of rotatable bonds is 3. The third-order valence-corrected chi connectivity index (χ3v) is 5.22. The van der Waals surface area contributed by atoms with Crippen molar-refractivity contribution in [1.82, 2.24) is 4.90 Å². The van der Waals surface area contributed by atoms with E-state index in [9.17, 15) is 9.59 Å². The molecule has 0 N–H and O–H groups in total. The van der Waals surface area contributed by atoms with Gasteiger partial charge < -0.3 is 14.4 Å². The van der Waals surface area contributed by atoms with Crippen molar-refractivity contribution in [3.8, 4) is 0 Å². The molecule has 1 aliphatic rings. The molecule has 1 fully saturated rings. The highest BCUT2D eigenvalue weighted by Gasteiger charge is 2.53. The van der Waals surface area contributed by atoms with Gasteiger partial charge in [-0.05, 0) is 16.6 Å². The average molecular weight is 357 g/mol. The maximum atomic E-state index is 12.3. The smallest absolute Gasteiger partial charge is 0.347 e. The number of methoxy groups -OCH3 is 2. The fourth-order valence-electron chi connectivity index (χ4n) is 3.90. The molecule has 140 valence electrons. The second kappa shape index (κ2) is 6.98. The van der Waals surface area contributed by atoms with E-state index in [1.165, 1.54) is 14.2 Å². The molecule has 0 radical (unpaired) electrons.